The summed E-state index contributed by atoms with van der Waals surface area (Å²) in [6.07, 6.45) is 0. The van der Waals surface area contributed by atoms with Gasteiger partial charge in [-0.25, -0.2) is 4.98 Å². The maximum atomic E-state index is 12.8. The molecule has 0 amide bonds. The van der Waals surface area contributed by atoms with E-state index in [2.05, 4.69) is 4.98 Å². The smallest absolute Gasteiger partial charge is 0.263 e. The molecule has 0 saturated heterocycles. The van der Waals surface area contributed by atoms with Crippen molar-refractivity contribution in [2.45, 2.75) is 32.5 Å². The van der Waals surface area contributed by atoms with Crippen LogP contribution in [-0.4, -0.2) is 21.1 Å². The summed E-state index contributed by atoms with van der Waals surface area (Å²) >= 11 is 8.67. The highest BCUT2D eigenvalue weighted by Gasteiger charge is 2.17. The Bertz CT molecular complexity index is 1010. The van der Waals surface area contributed by atoms with Crippen LogP contribution in [0.4, 0.5) is 0 Å². The number of thioether (sulfide) groups is 1. The highest BCUT2D eigenvalue weighted by molar-refractivity contribution is 7.99. The summed E-state index contributed by atoms with van der Waals surface area (Å²) in [6, 6.07) is 6.81. The number of benzene rings is 1. The van der Waals surface area contributed by atoms with Crippen molar-refractivity contribution < 1.29 is 4.79 Å². The Kier molecular flexibility index (Phi) is 5.32. The van der Waals surface area contributed by atoms with E-state index < -0.39 is 0 Å². The van der Waals surface area contributed by atoms with Gasteiger partial charge in [0.15, 0.2) is 10.9 Å². The number of carbonyl (C=O) groups excluding carboxylic acids is 1. The van der Waals surface area contributed by atoms with Crippen molar-refractivity contribution in [2.24, 2.45) is 0 Å². The van der Waals surface area contributed by atoms with Gasteiger partial charge in [-0.05, 0) is 50.6 Å². The number of fused-ring (bicyclic) bond motifs is 1. The van der Waals surface area contributed by atoms with Crippen molar-refractivity contribution in [1.29, 1.82) is 0 Å². The SMILES string of the molecule is CCn1c(SCC(=O)c2ccc(Cl)cc2)nc2sc(C)c(C)c2c1=O. The van der Waals surface area contributed by atoms with Crippen LogP contribution in [0.25, 0.3) is 10.2 Å². The van der Waals surface area contributed by atoms with Crippen molar-refractivity contribution in [3.63, 3.8) is 0 Å². The molecule has 0 atom stereocenters. The molecule has 0 unspecified atom stereocenters. The van der Waals surface area contributed by atoms with Gasteiger partial charge in [0, 0.05) is 22.0 Å². The number of thiophene rings is 1. The molecule has 7 heteroatoms. The summed E-state index contributed by atoms with van der Waals surface area (Å²) in [4.78, 5) is 31.6. The Morgan fingerprint density at radius 1 is 1.28 bits per heavy atom. The number of aromatic nitrogens is 2. The van der Waals surface area contributed by atoms with Crippen molar-refractivity contribution in [2.75, 3.05) is 5.75 Å². The Morgan fingerprint density at radius 2 is 1.96 bits per heavy atom. The van der Waals surface area contributed by atoms with E-state index in [-0.39, 0.29) is 17.1 Å². The molecule has 0 aliphatic carbocycles. The van der Waals surface area contributed by atoms with Crippen LogP contribution in [0.15, 0.2) is 34.2 Å². The Morgan fingerprint density at radius 3 is 2.60 bits per heavy atom. The van der Waals surface area contributed by atoms with E-state index in [4.69, 9.17) is 11.6 Å². The normalized spacial score (nSPS) is 11.2. The number of carbonyl (C=O) groups is 1. The molecule has 0 aliphatic rings. The third-order valence-electron chi connectivity index (χ3n) is 4.07. The third kappa shape index (κ3) is 3.52. The zero-order valence-corrected chi connectivity index (χ0v) is 16.5. The van der Waals surface area contributed by atoms with Gasteiger partial charge in [-0.3, -0.25) is 14.2 Å². The molecule has 0 saturated carbocycles. The molecular weight excluding hydrogens is 376 g/mol. The fourth-order valence-electron chi connectivity index (χ4n) is 2.55. The highest BCUT2D eigenvalue weighted by Crippen LogP contribution is 2.28. The van der Waals surface area contributed by atoms with Crippen LogP contribution in [0.3, 0.4) is 0 Å². The van der Waals surface area contributed by atoms with Crippen molar-refractivity contribution in [1.82, 2.24) is 9.55 Å². The maximum absolute atomic E-state index is 12.8. The van der Waals surface area contributed by atoms with Crippen LogP contribution in [0, 0.1) is 13.8 Å². The van der Waals surface area contributed by atoms with Crippen LogP contribution >= 0.6 is 34.7 Å². The van der Waals surface area contributed by atoms with Gasteiger partial charge in [-0.2, -0.15) is 0 Å². The summed E-state index contributed by atoms with van der Waals surface area (Å²) in [5.74, 6) is 0.209. The fraction of sp³-hybridized carbons (Fsp3) is 0.278. The van der Waals surface area contributed by atoms with Crippen LogP contribution in [-0.2, 0) is 6.54 Å². The average Bonchev–Trinajstić information content (AvgIpc) is 2.88. The Labute approximate surface area is 158 Å². The second-order valence-corrected chi connectivity index (χ2v) is 8.21. The molecule has 4 nitrogen and oxygen atoms in total. The molecule has 3 rings (SSSR count). The lowest BCUT2D eigenvalue weighted by atomic mass is 10.1. The summed E-state index contributed by atoms with van der Waals surface area (Å²) in [6.45, 7) is 6.38. The topological polar surface area (TPSA) is 52.0 Å². The largest absolute Gasteiger partial charge is 0.293 e. The van der Waals surface area contributed by atoms with Gasteiger partial charge >= 0.3 is 0 Å². The second kappa shape index (κ2) is 7.32. The molecule has 2 aromatic heterocycles. The lowest BCUT2D eigenvalue weighted by Gasteiger charge is -2.09. The zero-order valence-electron chi connectivity index (χ0n) is 14.1. The number of hydrogen-bond acceptors (Lipinski definition) is 5. The molecule has 0 radical (unpaired) electrons. The summed E-state index contributed by atoms with van der Waals surface area (Å²) in [5.41, 5.74) is 1.57. The molecule has 1 aromatic carbocycles. The number of halogens is 1. The van der Waals surface area contributed by atoms with Crippen molar-refractivity contribution >= 4 is 50.7 Å². The third-order valence-corrected chi connectivity index (χ3v) is 6.40. The van der Waals surface area contributed by atoms with Crippen LogP contribution in [0.1, 0.15) is 27.7 Å². The van der Waals surface area contributed by atoms with E-state index in [9.17, 15) is 9.59 Å². The first kappa shape index (κ1) is 18.2. The van der Waals surface area contributed by atoms with Gasteiger partial charge < -0.3 is 0 Å². The molecule has 0 bridgehead atoms. The number of rotatable bonds is 5. The number of ketones is 1. The number of hydrogen-bond donors (Lipinski definition) is 0. The van der Waals surface area contributed by atoms with Crippen LogP contribution in [0.5, 0.6) is 0 Å². The molecule has 3 aromatic rings. The maximum Gasteiger partial charge on any atom is 0.263 e. The Balaban J connectivity index is 1.92. The van der Waals surface area contributed by atoms with Gasteiger partial charge in [0.1, 0.15) is 4.83 Å². The first-order chi connectivity index (χ1) is 11.9. The fourth-order valence-corrected chi connectivity index (χ4v) is 4.70. The zero-order chi connectivity index (χ0) is 18.1. The predicted molar refractivity (Wildman–Crippen MR) is 106 cm³/mol. The predicted octanol–water partition coefficient (Wildman–Crippen LogP) is 4.72. The molecule has 0 fully saturated rings. The van der Waals surface area contributed by atoms with Gasteiger partial charge in [0.25, 0.3) is 5.56 Å². The monoisotopic (exact) mass is 392 g/mol. The molecule has 130 valence electrons. The van der Waals surface area contributed by atoms with Gasteiger partial charge in [-0.1, -0.05) is 23.4 Å². The lowest BCUT2D eigenvalue weighted by Crippen LogP contribution is -2.22. The number of nitrogens with zero attached hydrogens (tertiary/aromatic N) is 2. The lowest BCUT2D eigenvalue weighted by molar-refractivity contribution is 0.102. The first-order valence-electron chi connectivity index (χ1n) is 7.84. The van der Waals surface area contributed by atoms with E-state index in [0.29, 0.717) is 27.7 Å². The minimum atomic E-state index is -0.0317. The van der Waals surface area contributed by atoms with Crippen molar-refractivity contribution in [3.05, 3.63) is 55.6 Å². The van der Waals surface area contributed by atoms with Gasteiger partial charge in [0.2, 0.25) is 0 Å². The minimum Gasteiger partial charge on any atom is -0.293 e. The van der Waals surface area contributed by atoms with Gasteiger partial charge in [0.05, 0.1) is 11.1 Å². The van der Waals surface area contributed by atoms with Crippen LogP contribution in [0.2, 0.25) is 5.02 Å². The molecule has 0 N–H and O–H groups in total. The van der Waals surface area contributed by atoms with E-state index in [1.165, 1.54) is 23.1 Å². The standard InChI is InChI=1S/C18H17ClN2O2S2/c1-4-21-17(23)15-10(2)11(3)25-16(15)20-18(21)24-9-14(22)12-5-7-13(19)8-6-12/h5-8H,4,9H2,1-3H3. The molecule has 25 heavy (non-hydrogen) atoms. The van der Waals surface area contributed by atoms with Gasteiger partial charge in [-0.15, -0.1) is 11.3 Å². The summed E-state index contributed by atoms with van der Waals surface area (Å²) < 4.78 is 1.64. The summed E-state index contributed by atoms with van der Waals surface area (Å²) in [5, 5.41) is 1.88. The molecular formula is C18H17ClN2O2S2. The second-order valence-electron chi connectivity index (χ2n) is 5.63. The molecule has 0 spiro atoms. The average molecular weight is 393 g/mol. The minimum absolute atomic E-state index is 0.0165. The van der Waals surface area contributed by atoms with E-state index in [0.717, 1.165) is 15.3 Å². The first-order valence-corrected chi connectivity index (χ1v) is 10.0. The van der Waals surface area contributed by atoms with Crippen LogP contribution < -0.4 is 5.56 Å². The van der Waals surface area contributed by atoms with Crippen molar-refractivity contribution in [3.8, 4) is 0 Å². The molecule has 2 heterocycles. The highest BCUT2D eigenvalue weighted by atomic mass is 35.5. The van der Waals surface area contributed by atoms with E-state index in [1.807, 2.05) is 20.8 Å². The van der Waals surface area contributed by atoms with E-state index >= 15 is 0 Å². The Hall–Kier alpha value is -1.63. The number of aryl methyl sites for hydroxylation is 2. The quantitative estimate of drug-likeness (QED) is 0.358. The van der Waals surface area contributed by atoms with E-state index in [1.54, 1.807) is 28.8 Å². The number of Topliss-reactive ketones (excluding diaryl/α,β-unsaturated/α-hetero) is 1. The summed E-state index contributed by atoms with van der Waals surface area (Å²) in [7, 11) is 0. The molecule has 0 aliphatic heterocycles.